The standard InChI is InChI=1S/C18H13N3O3/c1-12-6-8-17(23-12)18(22)21-20-11-14-7-9-16(24-14)15-5-3-2-4-13(15)10-19/h2-9,11H,1H3,(H,21,22)/b20-11-. The molecule has 6 nitrogen and oxygen atoms in total. The van der Waals surface area contributed by atoms with Crippen molar-refractivity contribution < 1.29 is 13.6 Å². The summed E-state index contributed by atoms with van der Waals surface area (Å²) >= 11 is 0. The van der Waals surface area contributed by atoms with E-state index in [4.69, 9.17) is 14.1 Å². The highest BCUT2D eigenvalue weighted by atomic mass is 16.4. The predicted octanol–water partition coefficient (Wildman–Crippen LogP) is 3.48. The highest BCUT2D eigenvalue weighted by Gasteiger charge is 2.10. The summed E-state index contributed by atoms with van der Waals surface area (Å²) in [5.41, 5.74) is 3.59. The van der Waals surface area contributed by atoms with Crippen molar-refractivity contribution in [3.05, 3.63) is 71.4 Å². The van der Waals surface area contributed by atoms with Crippen molar-refractivity contribution in [2.24, 2.45) is 5.10 Å². The zero-order valence-electron chi connectivity index (χ0n) is 12.8. The number of rotatable bonds is 4. The molecule has 0 unspecified atom stereocenters. The van der Waals surface area contributed by atoms with Crippen molar-refractivity contribution in [3.63, 3.8) is 0 Å². The van der Waals surface area contributed by atoms with Crippen molar-refractivity contribution in [2.45, 2.75) is 6.92 Å². The SMILES string of the molecule is Cc1ccc(C(=O)N/N=C\c2ccc(-c3ccccc3C#N)o2)o1. The lowest BCUT2D eigenvalue weighted by atomic mass is 10.1. The van der Waals surface area contributed by atoms with Crippen LogP contribution in [0.25, 0.3) is 11.3 Å². The van der Waals surface area contributed by atoms with Crippen molar-refractivity contribution >= 4 is 12.1 Å². The van der Waals surface area contributed by atoms with Gasteiger partial charge >= 0.3 is 5.91 Å². The fraction of sp³-hybridized carbons (Fsp3) is 0.0556. The number of hydrazone groups is 1. The van der Waals surface area contributed by atoms with Crippen LogP contribution in [0.1, 0.15) is 27.6 Å². The van der Waals surface area contributed by atoms with Crippen molar-refractivity contribution in [1.29, 1.82) is 5.26 Å². The number of hydrogen-bond acceptors (Lipinski definition) is 5. The van der Waals surface area contributed by atoms with Crippen molar-refractivity contribution in [3.8, 4) is 17.4 Å². The molecule has 0 saturated heterocycles. The molecule has 1 aromatic carbocycles. The summed E-state index contributed by atoms with van der Waals surface area (Å²) in [6.07, 6.45) is 1.38. The van der Waals surface area contributed by atoms with E-state index in [-0.39, 0.29) is 5.76 Å². The molecule has 0 radical (unpaired) electrons. The second kappa shape index (κ2) is 6.67. The van der Waals surface area contributed by atoms with Gasteiger partial charge in [0.1, 0.15) is 17.3 Å². The minimum absolute atomic E-state index is 0.188. The van der Waals surface area contributed by atoms with Gasteiger partial charge in [-0.25, -0.2) is 5.43 Å². The number of amides is 1. The van der Waals surface area contributed by atoms with Crippen LogP contribution in [0.4, 0.5) is 0 Å². The van der Waals surface area contributed by atoms with E-state index in [0.29, 0.717) is 28.4 Å². The summed E-state index contributed by atoms with van der Waals surface area (Å²) in [6.45, 7) is 1.75. The Labute approximate surface area is 138 Å². The first-order valence-corrected chi connectivity index (χ1v) is 7.16. The number of nitriles is 1. The normalized spacial score (nSPS) is 10.7. The Bertz CT molecular complexity index is 944. The van der Waals surface area contributed by atoms with Gasteiger partial charge in [0, 0.05) is 5.56 Å². The first-order valence-electron chi connectivity index (χ1n) is 7.16. The van der Waals surface area contributed by atoms with Crippen molar-refractivity contribution in [2.75, 3.05) is 0 Å². The maximum absolute atomic E-state index is 11.8. The third kappa shape index (κ3) is 3.25. The molecule has 0 aliphatic carbocycles. The van der Waals surface area contributed by atoms with Crippen LogP contribution in [0.3, 0.4) is 0 Å². The maximum Gasteiger partial charge on any atom is 0.307 e. The molecular formula is C18H13N3O3. The molecule has 0 aliphatic heterocycles. The molecule has 0 spiro atoms. The molecule has 2 heterocycles. The van der Waals surface area contributed by atoms with Crippen LogP contribution in [0.5, 0.6) is 0 Å². The highest BCUT2D eigenvalue weighted by Crippen LogP contribution is 2.24. The topological polar surface area (TPSA) is 91.5 Å². The molecule has 6 heteroatoms. The number of aryl methyl sites for hydroxylation is 1. The van der Waals surface area contributed by atoms with Gasteiger partial charge < -0.3 is 8.83 Å². The van der Waals surface area contributed by atoms with Gasteiger partial charge in [-0.1, -0.05) is 12.1 Å². The number of hydrogen-bond donors (Lipinski definition) is 1. The third-order valence-corrected chi connectivity index (χ3v) is 3.26. The fourth-order valence-electron chi connectivity index (χ4n) is 2.13. The fourth-order valence-corrected chi connectivity index (χ4v) is 2.13. The average Bonchev–Trinajstić information content (AvgIpc) is 3.24. The molecule has 24 heavy (non-hydrogen) atoms. The lowest BCUT2D eigenvalue weighted by molar-refractivity contribution is 0.0926. The first kappa shape index (κ1) is 15.3. The van der Waals surface area contributed by atoms with Crippen molar-refractivity contribution in [1.82, 2.24) is 5.43 Å². The van der Waals surface area contributed by atoms with Gasteiger partial charge in [-0.2, -0.15) is 10.4 Å². The van der Waals surface area contributed by atoms with E-state index >= 15 is 0 Å². The molecule has 1 N–H and O–H groups in total. The number of furan rings is 2. The molecule has 118 valence electrons. The number of carbonyl (C=O) groups is 1. The summed E-state index contributed by atoms with van der Waals surface area (Å²) in [5, 5.41) is 13.0. The molecule has 0 saturated carbocycles. The second-order valence-electron chi connectivity index (χ2n) is 4.97. The summed E-state index contributed by atoms with van der Waals surface area (Å²) in [7, 11) is 0. The minimum atomic E-state index is -0.444. The van der Waals surface area contributed by atoms with E-state index in [9.17, 15) is 4.79 Å². The van der Waals surface area contributed by atoms with Gasteiger partial charge in [-0.15, -0.1) is 0 Å². The number of nitrogens with zero attached hydrogens (tertiary/aromatic N) is 2. The number of nitrogens with one attached hydrogen (secondary N) is 1. The molecular weight excluding hydrogens is 306 g/mol. The smallest absolute Gasteiger partial charge is 0.307 e. The zero-order chi connectivity index (χ0) is 16.9. The Hall–Kier alpha value is -3.59. The highest BCUT2D eigenvalue weighted by molar-refractivity contribution is 5.92. The predicted molar refractivity (Wildman–Crippen MR) is 87.4 cm³/mol. The van der Waals surface area contributed by atoms with E-state index in [1.165, 1.54) is 6.21 Å². The largest absolute Gasteiger partial charge is 0.456 e. The van der Waals surface area contributed by atoms with E-state index in [1.807, 2.05) is 6.07 Å². The van der Waals surface area contributed by atoms with E-state index in [1.54, 1.807) is 49.4 Å². The Kier molecular flexibility index (Phi) is 4.25. The maximum atomic E-state index is 11.8. The van der Waals surface area contributed by atoms with Gasteiger partial charge in [0.05, 0.1) is 17.8 Å². The number of benzene rings is 1. The third-order valence-electron chi connectivity index (χ3n) is 3.26. The van der Waals surface area contributed by atoms with Gasteiger partial charge in [0.25, 0.3) is 0 Å². The monoisotopic (exact) mass is 319 g/mol. The minimum Gasteiger partial charge on any atom is -0.456 e. The molecule has 0 atom stereocenters. The van der Waals surface area contributed by atoms with Crippen LogP contribution in [0.2, 0.25) is 0 Å². The summed E-state index contributed by atoms with van der Waals surface area (Å²) in [6, 6.07) is 16.0. The zero-order valence-corrected chi connectivity index (χ0v) is 12.8. The lowest BCUT2D eigenvalue weighted by Crippen LogP contribution is -2.16. The molecule has 0 aliphatic rings. The van der Waals surface area contributed by atoms with Crippen LogP contribution < -0.4 is 5.43 Å². The summed E-state index contributed by atoms with van der Waals surface area (Å²) in [5.74, 6) is 1.40. The van der Waals surface area contributed by atoms with Gasteiger partial charge in [0.2, 0.25) is 0 Å². The van der Waals surface area contributed by atoms with Crippen LogP contribution in [0.15, 0.2) is 62.5 Å². The summed E-state index contributed by atoms with van der Waals surface area (Å²) in [4.78, 5) is 11.8. The second-order valence-corrected chi connectivity index (χ2v) is 4.97. The molecule has 1 amide bonds. The lowest BCUT2D eigenvalue weighted by Gasteiger charge is -1.98. The molecule has 0 bridgehead atoms. The van der Waals surface area contributed by atoms with E-state index < -0.39 is 5.91 Å². The van der Waals surface area contributed by atoms with Crippen LogP contribution >= 0.6 is 0 Å². The van der Waals surface area contributed by atoms with Gasteiger partial charge in [-0.3, -0.25) is 4.79 Å². The van der Waals surface area contributed by atoms with E-state index in [0.717, 1.165) is 0 Å². The molecule has 3 aromatic rings. The quantitative estimate of drug-likeness (QED) is 0.588. The Morgan fingerprint density at radius 3 is 2.75 bits per heavy atom. The Morgan fingerprint density at radius 1 is 1.17 bits per heavy atom. The summed E-state index contributed by atoms with van der Waals surface area (Å²) < 4.78 is 10.8. The first-order chi connectivity index (χ1) is 11.7. The molecule has 0 fully saturated rings. The van der Waals surface area contributed by atoms with Gasteiger partial charge in [-0.05, 0) is 43.3 Å². The molecule has 2 aromatic heterocycles. The molecule has 3 rings (SSSR count). The average molecular weight is 319 g/mol. The number of carbonyl (C=O) groups excluding carboxylic acids is 1. The van der Waals surface area contributed by atoms with Gasteiger partial charge in [0.15, 0.2) is 5.76 Å². The van der Waals surface area contributed by atoms with Crippen LogP contribution in [-0.4, -0.2) is 12.1 Å². The van der Waals surface area contributed by atoms with E-state index in [2.05, 4.69) is 16.6 Å². The Morgan fingerprint density at radius 2 is 2.00 bits per heavy atom. The van der Waals surface area contributed by atoms with Crippen LogP contribution in [-0.2, 0) is 0 Å². The Balaban J connectivity index is 1.70. The van der Waals surface area contributed by atoms with Crippen LogP contribution in [0, 0.1) is 18.3 Å².